The molecule has 0 saturated heterocycles. The third-order valence-corrected chi connectivity index (χ3v) is 6.34. The second kappa shape index (κ2) is 10.6. The zero-order valence-corrected chi connectivity index (χ0v) is 20.7. The van der Waals surface area contributed by atoms with Crippen LogP contribution < -0.4 is 18.9 Å². The van der Waals surface area contributed by atoms with Crippen molar-refractivity contribution >= 4 is 39.8 Å². The van der Waals surface area contributed by atoms with E-state index in [-0.39, 0.29) is 23.9 Å². The maximum atomic E-state index is 12.6. The van der Waals surface area contributed by atoms with Crippen LogP contribution in [0.4, 0.5) is 0 Å². The summed E-state index contributed by atoms with van der Waals surface area (Å²) in [5, 5.41) is 15.6. The second-order valence-electron chi connectivity index (χ2n) is 7.87. The van der Waals surface area contributed by atoms with E-state index in [9.17, 15) is 4.79 Å². The van der Waals surface area contributed by atoms with Crippen molar-refractivity contribution in [3.05, 3.63) is 53.6 Å². The van der Waals surface area contributed by atoms with Crippen LogP contribution in [0.5, 0.6) is 23.0 Å². The number of aliphatic imine (C=N–C) groups is 1. The molecule has 1 amide bonds. The van der Waals surface area contributed by atoms with Crippen LogP contribution in [0, 0.1) is 11.3 Å². The largest absolute Gasteiger partial charge is 0.493 e. The summed E-state index contributed by atoms with van der Waals surface area (Å²) >= 11 is 1.32. The molecule has 2 aromatic rings. The topological polar surface area (TPSA) is 106 Å². The highest BCUT2D eigenvalue weighted by Gasteiger charge is 2.36. The number of hydrazone groups is 1. The molecule has 0 saturated carbocycles. The van der Waals surface area contributed by atoms with Gasteiger partial charge in [0.15, 0.2) is 28.8 Å². The number of carbonyl (C=O) groups excluding carboxylic acids is 1. The summed E-state index contributed by atoms with van der Waals surface area (Å²) in [7, 11) is 3.13. The number of benzene rings is 2. The zero-order valence-electron chi connectivity index (χ0n) is 19.9. The van der Waals surface area contributed by atoms with Gasteiger partial charge in [0.05, 0.1) is 19.8 Å². The van der Waals surface area contributed by atoms with E-state index < -0.39 is 5.91 Å². The first-order valence-corrected chi connectivity index (χ1v) is 11.8. The molecule has 0 atom stereocenters. The minimum absolute atomic E-state index is 0.00377. The van der Waals surface area contributed by atoms with Crippen molar-refractivity contribution in [2.24, 2.45) is 16.0 Å². The van der Waals surface area contributed by atoms with Crippen molar-refractivity contribution in [2.75, 3.05) is 27.4 Å². The van der Waals surface area contributed by atoms with E-state index in [1.54, 1.807) is 38.5 Å². The molecule has 0 aliphatic carbocycles. The monoisotopic (exact) mass is 494 g/mol. The SMILES string of the molecule is COc1ccccc1OCCOc1ccc(C=C2C(=N)N3N=C(C(C)C)SC3=NC2=O)cc1OC. The number of amides is 1. The van der Waals surface area contributed by atoms with E-state index in [0.717, 1.165) is 5.04 Å². The van der Waals surface area contributed by atoms with Crippen molar-refractivity contribution in [2.45, 2.75) is 13.8 Å². The summed E-state index contributed by atoms with van der Waals surface area (Å²) in [6.45, 7) is 4.62. The van der Waals surface area contributed by atoms with Crippen LogP contribution in [0.1, 0.15) is 19.4 Å². The van der Waals surface area contributed by atoms with Crippen molar-refractivity contribution in [3.8, 4) is 23.0 Å². The van der Waals surface area contributed by atoms with Crippen LogP contribution >= 0.6 is 11.8 Å². The number of fused-ring (bicyclic) bond motifs is 1. The lowest BCUT2D eigenvalue weighted by Crippen LogP contribution is -2.35. The first kappa shape index (κ1) is 24.3. The predicted molar refractivity (Wildman–Crippen MR) is 137 cm³/mol. The average Bonchev–Trinajstić information content (AvgIpc) is 3.29. The normalized spacial score (nSPS) is 16.3. The van der Waals surface area contributed by atoms with Crippen LogP contribution in [-0.4, -0.2) is 54.4 Å². The Kier molecular flexibility index (Phi) is 7.40. The number of hydrogen-bond donors (Lipinski definition) is 1. The zero-order chi connectivity index (χ0) is 24.9. The molecular formula is C25H26N4O5S. The molecular weight excluding hydrogens is 468 g/mol. The number of nitrogens with zero attached hydrogens (tertiary/aromatic N) is 3. The third kappa shape index (κ3) is 5.32. The lowest BCUT2D eigenvalue weighted by atomic mass is 10.1. The first-order chi connectivity index (χ1) is 16.9. The quantitative estimate of drug-likeness (QED) is 0.406. The highest BCUT2D eigenvalue weighted by Crippen LogP contribution is 2.33. The fourth-order valence-electron chi connectivity index (χ4n) is 3.34. The molecule has 0 aromatic heterocycles. The lowest BCUT2D eigenvalue weighted by molar-refractivity contribution is -0.114. The number of ether oxygens (including phenoxy) is 4. The van der Waals surface area contributed by atoms with Crippen LogP contribution in [0.25, 0.3) is 6.08 Å². The van der Waals surface area contributed by atoms with Crippen molar-refractivity contribution in [1.82, 2.24) is 5.01 Å². The van der Waals surface area contributed by atoms with Crippen molar-refractivity contribution in [1.29, 1.82) is 5.41 Å². The molecule has 2 heterocycles. The molecule has 182 valence electrons. The highest BCUT2D eigenvalue weighted by atomic mass is 32.2. The number of amidine groups is 2. The molecule has 2 aliphatic heterocycles. The molecule has 9 nitrogen and oxygen atoms in total. The molecule has 0 fully saturated rings. The minimum Gasteiger partial charge on any atom is -0.493 e. The van der Waals surface area contributed by atoms with Crippen LogP contribution in [-0.2, 0) is 4.79 Å². The average molecular weight is 495 g/mol. The molecule has 10 heteroatoms. The Morgan fingerprint density at radius 3 is 2.31 bits per heavy atom. The number of methoxy groups -OCH3 is 2. The minimum atomic E-state index is -0.471. The Balaban J connectivity index is 1.44. The standard InChI is InChI=1S/C25H26N4O5S/c1-15(2)24-28-29-22(26)17(23(30)27-25(29)35-24)13-16-9-10-20(21(14-16)32-4)34-12-11-33-19-8-6-5-7-18(19)31-3/h5-10,13-15,26H,11-12H2,1-4H3. The number of thioether (sulfide) groups is 1. The van der Waals surface area contributed by atoms with E-state index in [0.29, 0.717) is 40.3 Å². The summed E-state index contributed by atoms with van der Waals surface area (Å²) in [5.74, 6) is 2.02. The van der Waals surface area contributed by atoms with E-state index in [4.69, 9.17) is 24.4 Å². The number of nitrogens with one attached hydrogen (secondary N) is 1. The van der Waals surface area contributed by atoms with Gasteiger partial charge >= 0.3 is 0 Å². The Hall–Kier alpha value is -3.79. The number of para-hydroxylation sites is 2. The molecule has 4 rings (SSSR count). The van der Waals surface area contributed by atoms with Gasteiger partial charge in [-0.3, -0.25) is 10.2 Å². The lowest BCUT2D eigenvalue weighted by Gasteiger charge is -2.20. The molecule has 0 spiro atoms. The van der Waals surface area contributed by atoms with Gasteiger partial charge in [-0.2, -0.15) is 15.1 Å². The number of rotatable bonds is 9. The Morgan fingerprint density at radius 1 is 1.00 bits per heavy atom. The van der Waals surface area contributed by atoms with Crippen molar-refractivity contribution < 1.29 is 23.7 Å². The molecule has 0 unspecified atom stereocenters. The van der Waals surface area contributed by atoms with Crippen molar-refractivity contribution in [3.63, 3.8) is 0 Å². The van der Waals surface area contributed by atoms with Gasteiger partial charge in [0.25, 0.3) is 5.91 Å². The van der Waals surface area contributed by atoms with Gasteiger partial charge in [-0.25, -0.2) is 0 Å². The van der Waals surface area contributed by atoms with Gasteiger partial charge in [-0.05, 0) is 47.7 Å². The Labute approximate surface area is 207 Å². The van der Waals surface area contributed by atoms with Gasteiger partial charge in [-0.1, -0.05) is 32.0 Å². The van der Waals surface area contributed by atoms with Gasteiger partial charge < -0.3 is 18.9 Å². The predicted octanol–water partition coefficient (Wildman–Crippen LogP) is 4.44. The molecule has 2 aliphatic rings. The van der Waals surface area contributed by atoms with E-state index >= 15 is 0 Å². The van der Waals surface area contributed by atoms with Gasteiger partial charge in [-0.15, -0.1) is 0 Å². The fourth-order valence-corrected chi connectivity index (χ4v) is 4.23. The Bertz CT molecular complexity index is 1240. The summed E-state index contributed by atoms with van der Waals surface area (Å²) in [6, 6.07) is 12.7. The number of hydrogen-bond acceptors (Lipinski definition) is 8. The summed E-state index contributed by atoms with van der Waals surface area (Å²) in [5.41, 5.74) is 0.829. The maximum Gasteiger partial charge on any atom is 0.283 e. The highest BCUT2D eigenvalue weighted by molar-refractivity contribution is 8.27. The summed E-state index contributed by atoms with van der Waals surface area (Å²) in [4.78, 5) is 16.7. The molecule has 1 N–H and O–H groups in total. The molecule has 0 radical (unpaired) electrons. The van der Waals surface area contributed by atoms with E-state index in [1.165, 1.54) is 16.8 Å². The van der Waals surface area contributed by atoms with Crippen LogP contribution in [0.3, 0.4) is 0 Å². The van der Waals surface area contributed by atoms with E-state index in [2.05, 4.69) is 10.1 Å². The van der Waals surface area contributed by atoms with Gasteiger partial charge in [0.2, 0.25) is 5.17 Å². The molecule has 0 bridgehead atoms. The molecule has 2 aromatic carbocycles. The third-order valence-electron chi connectivity index (χ3n) is 5.13. The maximum absolute atomic E-state index is 12.6. The summed E-state index contributed by atoms with van der Waals surface area (Å²) in [6.07, 6.45) is 1.61. The van der Waals surface area contributed by atoms with Gasteiger partial charge in [0.1, 0.15) is 18.3 Å². The molecule has 35 heavy (non-hydrogen) atoms. The van der Waals surface area contributed by atoms with E-state index in [1.807, 2.05) is 38.1 Å². The van der Waals surface area contributed by atoms with Crippen LogP contribution in [0.15, 0.2) is 58.1 Å². The smallest absolute Gasteiger partial charge is 0.283 e. The fraction of sp³-hybridized carbons (Fsp3) is 0.280. The number of carbonyl (C=O) groups is 1. The van der Waals surface area contributed by atoms with Crippen LogP contribution in [0.2, 0.25) is 0 Å². The Morgan fingerprint density at radius 2 is 1.66 bits per heavy atom. The second-order valence-corrected chi connectivity index (χ2v) is 8.86. The van der Waals surface area contributed by atoms with Gasteiger partial charge in [0, 0.05) is 5.92 Å². The first-order valence-electron chi connectivity index (χ1n) is 11.0. The summed E-state index contributed by atoms with van der Waals surface area (Å²) < 4.78 is 22.3.